The third-order valence-corrected chi connectivity index (χ3v) is 5.78. The fourth-order valence-corrected chi connectivity index (χ4v) is 4.44. The highest BCUT2D eigenvalue weighted by Crippen LogP contribution is 2.26. The Balaban J connectivity index is 1.47. The van der Waals surface area contributed by atoms with E-state index < -0.39 is 0 Å². The first kappa shape index (κ1) is 17.9. The van der Waals surface area contributed by atoms with Crippen LogP contribution in [0.2, 0.25) is 0 Å². The molecule has 2 amide bonds. The van der Waals surface area contributed by atoms with E-state index in [1.54, 1.807) is 10.7 Å². The maximum absolute atomic E-state index is 12.8. The summed E-state index contributed by atoms with van der Waals surface area (Å²) >= 11 is 0. The number of fused-ring (bicyclic) bond motifs is 1. The Labute approximate surface area is 159 Å². The van der Waals surface area contributed by atoms with Crippen molar-refractivity contribution >= 4 is 17.5 Å². The topological polar surface area (TPSA) is 79.6 Å². The van der Waals surface area contributed by atoms with Crippen LogP contribution in [-0.2, 0) is 4.79 Å². The lowest BCUT2D eigenvalue weighted by molar-refractivity contribution is -0.129. The fraction of sp³-hybridized carbons (Fsp3) is 0.600. The van der Waals surface area contributed by atoms with Gasteiger partial charge in [-0.15, -0.1) is 0 Å². The van der Waals surface area contributed by atoms with Gasteiger partial charge in [-0.05, 0) is 32.8 Å². The first-order chi connectivity index (χ1) is 13.0. The lowest BCUT2D eigenvalue weighted by Crippen LogP contribution is -2.40. The minimum Gasteiger partial charge on any atom is -0.347 e. The lowest BCUT2D eigenvalue weighted by Gasteiger charge is -2.27. The molecule has 0 unspecified atom stereocenters. The van der Waals surface area contributed by atoms with Crippen LogP contribution in [0, 0.1) is 13.8 Å². The number of amides is 2. The summed E-state index contributed by atoms with van der Waals surface area (Å²) in [7, 11) is 0. The Hall–Kier alpha value is -2.44. The summed E-state index contributed by atoms with van der Waals surface area (Å²) in [6, 6.07) is 2.13. The minimum absolute atomic E-state index is 0.144. The number of aryl methyl sites for hydroxylation is 2. The zero-order chi connectivity index (χ0) is 19.0. The van der Waals surface area contributed by atoms with Crippen LogP contribution in [0.1, 0.15) is 66.7 Å². The number of nitrogens with zero attached hydrogens (tertiary/aromatic N) is 4. The Kier molecular flexibility index (Phi) is 4.85. The third-order valence-electron chi connectivity index (χ3n) is 5.78. The van der Waals surface area contributed by atoms with E-state index in [9.17, 15) is 9.59 Å². The van der Waals surface area contributed by atoms with Gasteiger partial charge in [0.05, 0.1) is 12.2 Å². The predicted molar refractivity (Wildman–Crippen MR) is 102 cm³/mol. The zero-order valence-corrected chi connectivity index (χ0v) is 16.1. The molecule has 0 spiro atoms. The summed E-state index contributed by atoms with van der Waals surface area (Å²) in [5.74, 6) is -0.0418. The Bertz CT molecular complexity index is 867. The molecule has 2 aromatic heterocycles. The molecule has 1 N–H and O–H groups in total. The molecule has 1 atom stereocenters. The number of likely N-dealkylation sites (tertiary alicyclic amines) is 1. The van der Waals surface area contributed by atoms with Crippen molar-refractivity contribution in [3.63, 3.8) is 0 Å². The highest BCUT2D eigenvalue weighted by Gasteiger charge is 2.35. The van der Waals surface area contributed by atoms with E-state index in [-0.39, 0.29) is 17.9 Å². The van der Waals surface area contributed by atoms with Gasteiger partial charge in [0.25, 0.3) is 5.91 Å². The van der Waals surface area contributed by atoms with Gasteiger partial charge in [0.15, 0.2) is 5.65 Å². The van der Waals surface area contributed by atoms with E-state index in [0.29, 0.717) is 30.2 Å². The molecule has 3 heterocycles. The van der Waals surface area contributed by atoms with Gasteiger partial charge in [-0.1, -0.05) is 25.7 Å². The number of aromatic nitrogens is 3. The number of carbonyl (C=O) groups is 2. The molecule has 7 heteroatoms. The van der Waals surface area contributed by atoms with E-state index in [1.807, 2.05) is 24.8 Å². The molecular weight excluding hydrogens is 342 g/mol. The van der Waals surface area contributed by atoms with E-state index >= 15 is 0 Å². The summed E-state index contributed by atoms with van der Waals surface area (Å²) in [6.07, 6.45) is 9.03. The van der Waals surface area contributed by atoms with Crippen molar-refractivity contribution in [2.45, 2.75) is 70.9 Å². The second-order valence-electron chi connectivity index (χ2n) is 7.90. The molecule has 2 aliphatic rings. The first-order valence-electron chi connectivity index (χ1n) is 9.95. The van der Waals surface area contributed by atoms with Gasteiger partial charge in [-0.2, -0.15) is 5.10 Å². The van der Waals surface area contributed by atoms with Crippen LogP contribution in [0.25, 0.3) is 5.65 Å². The van der Waals surface area contributed by atoms with Gasteiger partial charge in [-0.25, -0.2) is 9.50 Å². The van der Waals surface area contributed by atoms with Gasteiger partial charge in [0.2, 0.25) is 5.91 Å². The molecule has 0 aromatic carbocycles. The largest absolute Gasteiger partial charge is 0.347 e. The van der Waals surface area contributed by atoms with Gasteiger partial charge >= 0.3 is 0 Å². The smallest absolute Gasteiger partial charge is 0.257 e. The summed E-state index contributed by atoms with van der Waals surface area (Å²) in [6.45, 7) is 4.46. The van der Waals surface area contributed by atoms with Crippen molar-refractivity contribution in [3.05, 3.63) is 29.2 Å². The second-order valence-corrected chi connectivity index (χ2v) is 7.90. The standard InChI is InChI=1S/C20H27N5O2/c1-13-9-14(2)25-19(22-13)17(11-21-25)20(27)23-15-10-18(26)24(12-15)16-7-5-3-4-6-8-16/h9,11,15-16H,3-8,10,12H2,1-2H3,(H,23,27)/t15-/m0/s1. The Morgan fingerprint density at radius 2 is 1.93 bits per heavy atom. The van der Waals surface area contributed by atoms with Crippen LogP contribution in [0.5, 0.6) is 0 Å². The van der Waals surface area contributed by atoms with Crippen LogP contribution >= 0.6 is 0 Å². The number of carbonyl (C=O) groups excluding carboxylic acids is 2. The molecule has 2 aromatic rings. The van der Waals surface area contributed by atoms with Crippen LogP contribution in [0.15, 0.2) is 12.3 Å². The molecule has 1 aliphatic carbocycles. The van der Waals surface area contributed by atoms with Crippen molar-refractivity contribution in [2.75, 3.05) is 6.54 Å². The zero-order valence-electron chi connectivity index (χ0n) is 16.1. The lowest BCUT2D eigenvalue weighted by atomic mass is 10.1. The number of nitrogens with one attached hydrogen (secondary N) is 1. The molecular formula is C20H27N5O2. The van der Waals surface area contributed by atoms with Gasteiger partial charge in [0, 0.05) is 30.4 Å². The van der Waals surface area contributed by atoms with Crippen molar-refractivity contribution < 1.29 is 9.59 Å². The summed E-state index contributed by atoms with van der Waals surface area (Å²) in [5.41, 5.74) is 2.81. The number of hydrogen-bond donors (Lipinski definition) is 1. The number of rotatable bonds is 3. The molecule has 1 saturated heterocycles. The maximum Gasteiger partial charge on any atom is 0.257 e. The molecule has 1 aliphatic heterocycles. The molecule has 4 rings (SSSR count). The minimum atomic E-state index is -0.206. The van der Waals surface area contributed by atoms with Crippen molar-refractivity contribution in [3.8, 4) is 0 Å². The summed E-state index contributed by atoms with van der Waals surface area (Å²) in [4.78, 5) is 31.8. The Morgan fingerprint density at radius 3 is 2.67 bits per heavy atom. The first-order valence-corrected chi connectivity index (χ1v) is 9.95. The quantitative estimate of drug-likeness (QED) is 0.843. The maximum atomic E-state index is 12.8. The SMILES string of the molecule is Cc1cc(C)n2ncc(C(=O)N[C@H]3CC(=O)N(C4CCCCCC4)C3)c2n1. The molecule has 2 fully saturated rings. The van der Waals surface area contributed by atoms with E-state index in [1.165, 1.54) is 25.7 Å². The Morgan fingerprint density at radius 1 is 1.19 bits per heavy atom. The van der Waals surface area contributed by atoms with Crippen molar-refractivity contribution in [1.29, 1.82) is 0 Å². The molecule has 1 saturated carbocycles. The highest BCUT2D eigenvalue weighted by atomic mass is 16.2. The van der Waals surface area contributed by atoms with Crippen molar-refractivity contribution in [1.82, 2.24) is 24.8 Å². The average molecular weight is 369 g/mol. The second kappa shape index (κ2) is 7.29. The van der Waals surface area contributed by atoms with E-state index in [0.717, 1.165) is 24.2 Å². The van der Waals surface area contributed by atoms with Crippen LogP contribution in [0.3, 0.4) is 0 Å². The van der Waals surface area contributed by atoms with Crippen LogP contribution < -0.4 is 5.32 Å². The van der Waals surface area contributed by atoms with E-state index in [2.05, 4.69) is 15.4 Å². The molecule has 144 valence electrons. The van der Waals surface area contributed by atoms with Crippen LogP contribution in [-0.4, -0.2) is 49.9 Å². The number of hydrogen-bond acceptors (Lipinski definition) is 4. The normalized spacial score (nSPS) is 21.6. The van der Waals surface area contributed by atoms with Gasteiger partial charge < -0.3 is 10.2 Å². The van der Waals surface area contributed by atoms with E-state index in [4.69, 9.17) is 0 Å². The monoisotopic (exact) mass is 369 g/mol. The van der Waals surface area contributed by atoms with Crippen molar-refractivity contribution in [2.24, 2.45) is 0 Å². The molecule has 0 radical (unpaired) electrons. The molecule has 27 heavy (non-hydrogen) atoms. The fourth-order valence-electron chi connectivity index (χ4n) is 4.44. The summed E-state index contributed by atoms with van der Waals surface area (Å²) in [5, 5.41) is 7.32. The molecule has 0 bridgehead atoms. The average Bonchev–Trinajstić information content (AvgIpc) is 3.08. The van der Waals surface area contributed by atoms with Gasteiger partial charge in [0.1, 0.15) is 5.56 Å². The third kappa shape index (κ3) is 3.55. The molecule has 7 nitrogen and oxygen atoms in total. The highest BCUT2D eigenvalue weighted by molar-refractivity contribution is 6.00. The van der Waals surface area contributed by atoms with Gasteiger partial charge in [-0.3, -0.25) is 9.59 Å². The summed E-state index contributed by atoms with van der Waals surface area (Å²) < 4.78 is 1.68. The van der Waals surface area contributed by atoms with Crippen LogP contribution in [0.4, 0.5) is 0 Å². The predicted octanol–water partition coefficient (Wildman–Crippen LogP) is 2.40.